The minimum absolute atomic E-state index is 0.162. The molecule has 1 fully saturated rings. The van der Waals surface area contributed by atoms with E-state index >= 15 is 0 Å². The number of hydrogen-bond donors (Lipinski definition) is 0. The Kier molecular flexibility index (Phi) is 5.57. The Hall–Kier alpha value is -2.97. The minimum atomic E-state index is -0.342. The van der Waals surface area contributed by atoms with Crippen molar-refractivity contribution in [3.05, 3.63) is 88.2 Å². The van der Waals surface area contributed by atoms with Crippen LogP contribution in [0.5, 0.6) is 0 Å². The van der Waals surface area contributed by atoms with Crippen molar-refractivity contribution in [2.24, 2.45) is 0 Å². The highest BCUT2D eigenvalue weighted by atomic mass is 79.9. The lowest BCUT2D eigenvalue weighted by Crippen LogP contribution is -2.36. The van der Waals surface area contributed by atoms with Crippen molar-refractivity contribution >= 4 is 32.7 Å². The summed E-state index contributed by atoms with van der Waals surface area (Å²) in [7, 11) is 4.05. The standard InChI is InChI=1S/C24H21BrFN4O2/c1-28-15-22(21-12-20(13-27-24(21)28)29-4-6-32-7-5-29)17-2-3-30(23(31)10-17)14-16-8-18(25)11-19(26)9-16/h2-3,8-13,15H,1,4-7,14H2. The maximum Gasteiger partial charge on any atom is 0.251 e. The molecular formula is C24H21BrFN4O2. The zero-order valence-electron chi connectivity index (χ0n) is 17.3. The highest BCUT2D eigenvalue weighted by Crippen LogP contribution is 2.31. The molecule has 0 bridgehead atoms. The fourth-order valence-corrected chi connectivity index (χ4v) is 4.60. The molecule has 32 heavy (non-hydrogen) atoms. The van der Waals surface area contributed by atoms with E-state index in [0.717, 1.165) is 40.9 Å². The Bertz CT molecular complexity index is 1340. The van der Waals surface area contributed by atoms with Crippen molar-refractivity contribution in [2.75, 3.05) is 31.2 Å². The van der Waals surface area contributed by atoms with E-state index in [4.69, 9.17) is 4.74 Å². The molecule has 6 nitrogen and oxygen atoms in total. The van der Waals surface area contributed by atoms with Gasteiger partial charge in [0.15, 0.2) is 0 Å². The average Bonchev–Trinajstić information content (AvgIpc) is 3.11. The molecule has 0 N–H and O–H groups in total. The summed E-state index contributed by atoms with van der Waals surface area (Å²) in [4.78, 5) is 19.7. The second-order valence-corrected chi connectivity index (χ2v) is 8.75. The summed E-state index contributed by atoms with van der Waals surface area (Å²) in [5.74, 6) is -0.342. The van der Waals surface area contributed by atoms with Gasteiger partial charge in [0.25, 0.3) is 5.56 Å². The van der Waals surface area contributed by atoms with Crippen LogP contribution in [0, 0.1) is 12.9 Å². The number of rotatable bonds is 4. The summed E-state index contributed by atoms with van der Waals surface area (Å²) in [6.45, 7) is 3.32. The summed E-state index contributed by atoms with van der Waals surface area (Å²) in [5, 5.41) is 0.940. The van der Waals surface area contributed by atoms with Gasteiger partial charge in [-0.05, 0) is 41.5 Å². The molecule has 1 aromatic carbocycles. The Labute approximate surface area is 193 Å². The monoisotopic (exact) mass is 495 g/mol. The molecule has 0 spiro atoms. The number of benzene rings is 1. The topological polar surface area (TPSA) is 52.3 Å². The van der Waals surface area contributed by atoms with Gasteiger partial charge in [0.2, 0.25) is 0 Å². The Morgan fingerprint density at radius 2 is 1.97 bits per heavy atom. The number of halogens is 2. The van der Waals surface area contributed by atoms with Crippen LogP contribution in [0.3, 0.4) is 0 Å². The molecule has 1 saturated heterocycles. The van der Waals surface area contributed by atoms with E-state index in [1.54, 1.807) is 27.5 Å². The molecule has 0 amide bonds. The van der Waals surface area contributed by atoms with Gasteiger partial charge in [-0.25, -0.2) is 9.37 Å². The summed E-state index contributed by atoms with van der Waals surface area (Å²) < 4.78 is 23.1. The van der Waals surface area contributed by atoms with E-state index < -0.39 is 0 Å². The van der Waals surface area contributed by atoms with Gasteiger partial charge in [-0.1, -0.05) is 15.9 Å². The molecule has 4 aromatic rings. The summed E-state index contributed by atoms with van der Waals surface area (Å²) in [6, 6.07) is 10.2. The average molecular weight is 496 g/mol. The van der Waals surface area contributed by atoms with E-state index in [1.807, 2.05) is 18.5 Å². The highest BCUT2D eigenvalue weighted by molar-refractivity contribution is 9.10. The smallest absolute Gasteiger partial charge is 0.251 e. The van der Waals surface area contributed by atoms with E-state index in [-0.39, 0.29) is 17.9 Å². The van der Waals surface area contributed by atoms with E-state index in [1.165, 1.54) is 12.1 Å². The molecule has 163 valence electrons. The predicted molar refractivity (Wildman–Crippen MR) is 126 cm³/mol. The first-order chi connectivity index (χ1) is 15.5. The van der Waals surface area contributed by atoms with E-state index in [2.05, 4.69) is 38.9 Å². The van der Waals surface area contributed by atoms with E-state index in [0.29, 0.717) is 23.2 Å². The van der Waals surface area contributed by atoms with Gasteiger partial charge in [-0.3, -0.25) is 4.79 Å². The molecule has 0 aliphatic carbocycles. The van der Waals surface area contributed by atoms with E-state index in [9.17, 15) is 9.18 Å². The molecule has 0 saturated carbocycles. The summed E-state index contributed by atoms with van der Waals surface area (Å²) in [6.07, 6.45) is 5.49. The van der Waals surface area contributed by atoms with Gasteiger partial charge in [0.1, 0.15) is 11.5 Å². The summed E-state index contributed by atoms with van der Waals surface area (Å²) >= 11 is 3.29. The van der Waals surface area contributed by atoms with Crippen molar-refractivity contribution in [1.29, 1.82) is 0 Å². The number of fused-ring (bicyclic) bond motifs is 1. The molecule has 0 atom stereocenters. The lowest BCUT2D eigenvalue weighted by Gasteiger charge is -2.28. The second kappa shape index (κ2) is 8.52. The number of hydrogen-bond acceptors (Lipinski definition) is 4. The largest absolute Gasteiger partial charge is 0.378 e. The number of nitrogens with zero attached hydrogens (tertiary/aromatic N) is 4. The van der Waals surface area contributed by atoms with Gasteiger partial charge < -0.3 is 18.8 Å². The van der Waals surface area contributed by atoms with Crippen LogP contribution in [0.2, 0.25) is 0 Å². The van der Waals surface area contributed by atoms with Crippen LogP contribution in [0.4, 0.5) is 10.1 Å². The molecule has 1 aliphatic rings. The molecule has 0 unspecified atom stereocenters. The molecule has 4 heterocycles. The molecule has 8 heteroatoms. The third kappa shape index (κ3) is 4.08. The fourth-order valence-electron chi connectivity index (χ4n) is 4.09. The van der Waals surface area contributed by atoms with Gasteiger partial charge in [0, 0.05) is 54.0 Å². The second-order valence-electron chi connectivity index (χ2n) is 7.84. The fraction of sp³-hybridized carbons (Fsp3) is 0.208. The quantitative estimate of drug-likeness (QED) is 0.423. The van der Waals surface area contributed by atoms with Crippen molar-refractivity contribution < 1.29 is 9.13 Å². The van der Waals surface area contributed by atoms with Crippen molar-refractivity contribution in [3.8, 4) is 11.1 Å². The number of ether oxygens (including phenoxy) is 1. The van der Waals surface area contributed by atoms with Crippen molar-refractivity contribution in [1.82, 2.24) is 14.1 Å². The first-order valence-electron chi connectivity index (χ1n) is 10.3. The molecule has 3 aromatic heterocycles. The third-order valence-corrected chi connectivity index (χ3v) is 6.12. The van der Waals surface area contributed by atoms with Crippen LogP contribution in [-0.4, -0.2) is 40.4 Å². The van der Waals surface area contributed by atoms with Gasteiger partial charge in [-0.15, -0.1) is 0 Å². The zero-order chi connectivity index (χ0) is 22.2. The van der Waals surface area contributed by atoms with Gasteiger partial charge >= 0.3 is 0 Å². The lowest BCUT2D eigenvalue weighted by molar-refractivity contribution is 0.122. The molecule has 1 aliphatic heterocycles. The van der Waals surface area contributed by atoms with Crippen LogP contribution in [0.25, 0.3) is 22.2 Å². The SMILES string of the molecule is [CH2]n1cc(-c2ccn(Cc3cc(F)cc(Br)c3)c(=O)c2)c2cc(N3CCOCC3)cnc21. The Morgan fingerprint density at radius 3 is 2.72 bits per heavy atom. The number of anilines is 1. The highest BCUT2D eigenvalue weighted by Gasteiger charge is 2.16. The molecular weight excluding hydrogens is 475 g/mol. The zero-order valence-corrected chi connectivity index (χ0v) is 18.9. The number of morpholine rings is 1. The van der Waals surface area contributed by atoms with Gasteiger partial charge in [-0.2, -0.15) is 0 Å². The molecule has 5 rings (SSSR count). The lowest BCUT2D eigenvalue weighted by atomic mass is 10.1. The van der Waals surface area contributed by atoms with Crippen molar-refractivity contribution in [3.63, 3.8) is 0 Å². The third-order valence-electron chi connectivity index (χ3n) is 5.66. The molecule has 1 radical (unpaired) electrons. The maximum absolute atomic E-state index is 13.7. The minimum Gasteiger partial charge on any atom is -0.378 e. The summed E-state index contributed by atoms with van der Waals surface area (Å²) in [5.41, 5.74) is 4.02. The Balaban J connectivity index is 1.50. The normalized spacial score (nSPS) is 14.3. The Morgan fingerprint density at radius 1 is 1.16 bits per heavy atom. The van der Waals surface area contributed by atoms with Crippen LogP contribution in [0.1, 0.15) is 5.56 Å². The van der Waals surface area contributed by atoms with Crippen LogP contribution in [0.15, 0.2) is 64.3 Å². The predicted octanol–water partition coefficient (Wildman–Crippen LogP) is 4.29. The van der Waals surface area contributed by atoms with Crippen LogP contribution < -0.4 is 10.5 Å². The number of pyridine rings is 2. The van der Waals surface area contributed by atoms with Crippen LogP contribution >= 0.6 is 15.9 Å². The van der Waals surface area contributed by atoms with Crippen molar-refractivity contribution in [2.45, 2.75) is 6.54 Å². The number of aromatic nitrogens is 3. The van der Waals surface area contributed by atoms with Gasteiger partial charge in [0.05, 0.1) is 31.6 Å². The first-order valence-corrected chi connectivity index (χ1v) is 11.1. The maximum atomic E-state index is 13.7. The van der Waals surface area contributed by atoms with Crippen LogP contribution in [-0.2, 0) is 11.3 Å². The first kappa shape index (κ1) is 20.9.